The molecule has 1 aromatic rings. The Hall–Kier alpha value is -0.480. The van der Waals surface area contributed by atoms with Crippen LogP contribution in [0.4, 0.5) is 5.69 Å². The minimum absolute atomic E-state index is 0. The fraction of sp³-hybridized carbons (Fsp3) is 0.400. The molecule has 0 amide bonds. The lowest BCUT2D eigenvalue weighted by Gasteiger charge is -2.19. The third-order valence-electron chi connectivity index (χ3n) is 2.24. The van der Waals surface area contributed by atoms with Crippen molar-refractivity contribution >= 4 is 29.7 Å². The standard InChI is InChI=1S/C10H15ClN2O.ClH/c1-2-9(14)10(13)7-5-6(11)3-4-8(7)12;/h3-5,9-10,14H,2,12-13H2,1H3;1H/t9-,10+;/m1./s1. The van der Waals surface area contributed by atoms with Crippen LogP contribution in [0.25, 0.3) is 0 Å². The lowest BCUT2D eigenvalue weighted by atomic mass is 9.99. The van der Waals surface area contributed by atoms with Gasteiger partial charge in [0.25, 0.3) is 0 Å². The number of aliphatic hydroxyl groups excluding tert-OH is 1. The van der Waals surface area contributed by atoms with E-state index in [1.807, 2.05) is 6.92 Å². The molecule has 1 rings (SSSR count). The first kappa shape index (κ1) is 14.5. The van der Waals surface area contributed by atoms with Gasteiger partial charge in [0.1, 0.15) is 0 Å². The molecule has 0 radical (unpaired) electrons. The molecule has 0 saturated carbocycles. The van der Waals surface area contributed by atoms with Crippen LogP contribution in [0.2, 0.25) is 5.02 Å². The van der Waals surface area contributed by atoms with Crippen molar-refractivity contribution in [3.63, 3.8) is 0 Å². The Morgan fingerprint density at radius 3 is 2.60 bits per heavy atom. The molecule has 0 heterocycles. The highest BCUT2D eigenvalue weighted by atomic mass is 35.5. The summed E-state index contributed by atoms with van der Waals surface area (Å²) in [6, 6.07) is 4.62. The molecule has 1 aromatic carbocycles. The van der Waals surface area contributed by atoms with Gasteiger partial charge in [0.2, 0.25) is 0 Å². The molecule has 5 N–H and O–H groups in total. The number of halogens is 2. The molecule has 86 valence electrons. The van der Waals surface area contributed by atoms with Crippen LogP contribution in [0.5, 0.6) is 0 Å². The number of rotatable bonds is 3. The molecule has 0 spiro atoms. The van der Waals surface area contributed by atoms with Gasteiger partial charge in [0.05, 0.1) is 12.1 Å². The summed E-state index contributed by atoms with van der Waals surface area (Å²) in [4.78, 5) is 0. The lowest BCUT2D eigenvalue weighted by Crippen LogP contribution is -2.26. The third-order valence-corrected chi connectivity index (χ3v) is 2.48. The first-order valence-corrected chi connectivity index (χ1v) is 4.92. The van der Waals surface area contributed by atoms with Crippen LogP contribution >= 0.6 is 24.0 Å². The van der Waals surface area contributed by atoms with Crippen molar-refractivity contribution < 1.29 is 5.11 Å². The largest absolute Gasteiger partial charge is 0.398 e. The van der Waals surface area contributed by atoms with Crippen LogP contribution < -0.4 is 11.5 Å². The zero-order valence-electron chi connectivity index (χ0n) is 8.48. The van der Waals surface area contributed by atoms with Crippen LogP contribution in [-0.4, -0.2) is 11.2 Å². The third kappa shape index (κ3) is 3.54. The van der Waals surface area contributed by atoms with Crippen LogP contribution in [0.3, 0.4) is 0 Å². The van der Waals surface area contributed by atoms with Crippen LogP contribution in [0.1, 0.15) is 24.9 Å². The zero-order valence-corrected chi connectivity index (χ0v) is 10.1. The average Bonchev–Trinajstić information content (AvgIpc) is 2.19. The van der Waals surface area contributed by atoms with E-state index in [9.17, 15) is 5.11 Å². The fourth-order valence-electron chi connectivity index (χ4n) is 1.30. The highest BCUT2D eigenvalue weighted by Crippen LogP contribution is 2.25. The second-order valence-electron chi connectivity index (χ2n) is 3.27. The summed E-state index contributed by atoms with van der Waals surface area (Å²) in [5.74, 6) is 0. The minimum atomic E-state index is -0.587. The highest BCUT2D eigenvalue weighted by molar-refractivity contribution is 6.30. The smallest absolute Gasteiger partial charge is 0.0731 e. The maximum atomic E-state index is 9.57. The second-order valence-corrected chi connectivity index (χ2v) is 3.71. The van der Waals surface area contributed by atoms with Gasteiger partial charge >= 0.3 is 0 Å². The Bertz CT molecular complexity index is 320. The molecular formula is C10H16Cl2N2O. The maximum Gasteiger partial charge on any atom is 0.0731 e. The molecule has 0 bridgehead atoms. The summed E-state index contributed by atoms with van der Waals surface area (Å²) in [6.45, 7) is 1.87. The van der Waals surface area contributed by atoms with Gasteiger partial charge in [-0.25, -0.2) is 0 Å². The molecule has 0 aliphatic carbocycles. The van der Waals surface area contributed by atoms with E-state index in [1.54, 1.807) is 18.2 Å². The number of hydrogen-bond acceptors (Lipinski definition) is 3. The summed E-state index contributed by atoms with van der Waals surface area (Å²) in [5.41, 5.74) is 12.8. The van der Waals surface area contributed by atoms with Crippen LogP contribution in [0.15, 0.2) is 18.2 Å². The number of benzene rings is 1. The van der Waals surface area contributed by atoms with Gasteiger partial charge in [-0.1, -0.05) is 18.5 Å². The monoisotopic (exact) mass is 250 g/mol. The fourth-order valence-corrected chi connectivity index (χ4v) is 1.48. The van der Waals surface area contributed by atoms with E-state index >= 15 is 0 Å². The maximum absolute atomic E-state index is 9.57. The molecule has 0 aliphatic heterocycles. The Morgan fingerprint density at radius 2 is 2.07 bits per heavy atom. The summed E-state index contributed by atoms with van der Waals surface area (Å²) in [6.07, 6.45) is 0.00314. The number of nitrogens with two attached hydrogens (primary N) is 2. The van der Waals surface area contributed by atoms with Crippen molar-refractivity contribution in [2.24, 2.45) is 5.73 Å². The summed E-state index contributed by atoms with van der Waals surface area (Å²) in [7, 11) is 0. The molecule has 0 aliphatic rings. The predicted octanol–water partition coefficient (Wildman–Crippen LogP) is 2.11. The van der Waals surface area contributed by atoms with E-state index in [4.69, 9.17) is 23.1 Å². The summed E-state index contributed by atoms with van der Waals surface area (Å²) in [5, 5.41) is 10.1. The predicted molar refractivity (Wildman–Crippen MR) is 66.3 cm³/mol. The molecule has 2 atom stereocenters. The number of anilines is 1. The van der Waals surface area contributed by atoms with E-state index in [-0.39, 0.29) is 12.4 Å². The Labute approximate surface area is 101 Å². The van der Waals surface area contributed by atoms with E-state index in [0.29, 0.717) is 22.7 Å². The lowest BCUT2D eigenvalue weighted by molar-refractivity contribution is 0.141. The van der Waals surface area contributed by atoms with Crippen molar-refractivity contribution in [3.05, 3.63) is 28.8 Å². The van der Waals surface area contributed by atoms with Crippen molar-refractivity contribution in [3.8, 4) is 0 Å². The SMILES string of the molecule is CC[C@@H](O)[C@@H](N)c1cc(Cl)ccc1N.Cl. The topological polar surface area (TPSA) is 72.3 Å². The zero-order chi connectivity index (χ0) is 10.7. The summed E-state index contributed by atoms with van der Waals surface area (Å²) < 4.78 is 0. The van der Waals surface area contributed by atoms with E-state index in [2.05, 4.69) is 0 Å². The molecule has 0 saturated heterocycles. The number of nitrogen functional groups attached to an aromatic ring is 1. The van der Waals surface area contributed by atoms with Gasteiger partial charge in [-0.15, -0.1) is 12.4 Å². The van der Waals surface area contributed by atoms with Gasteiger partial charge in [-0.2, -0.15) is 0 Å². The Kier molecular flexibility index (Phi) is 5.98. The van der Waals surface area contributed by atoms with Crippen molar-refractivity contribution in [1.29, 1.82) is 0 Å². The molecule has 0 fully saturated rings. The Morgan fingerprint density at radius 1 is 1.47 bits per heavy atom. The van der Waals surface area contributed by atoms with E-state index in [1.165, 1.54) is 0 Å². The molecule has 15 heavy (non-hydrogen) atoms. The Balaban J connectivity index is 0.00000196. The van der Waals surface area contributed by atoms with Crippen molar-refractivity contribution in [1.82, 2.24) is 0 Å². The summed E-state index contributed by atoms with van der Waals surface area (Å²) >= 11 is 5.82. The molecule has 5 heteroatoms. The van der Waals surface area contributed by atoms with Crippen molar-refractivity contribution in [2.45, 2.75) is 25.5 Å². The van der Waals surface area contributed by atoms with Crippen LogP contribution in [-0.2, 0) is 0 Å². The first-order valence-electron chi connectivity index (χ1n) is 4.54. The number of hydrogen-bond donors (Lipinski definition) is 3. The van der Waals surface area contributed by atoms with E-state index < -0.39 is 12.1 Å². The van der Waals surface area contributed by atoms with Gasteiger partial charge in [-0.05, 0) is 30.2 Å². The molecule has 0 aromatic heterocycles. The van der Waals surface area contributed by atoms with Gasteiger partial charge < -0.3 is 16.6 Å². The molecule has 3 nitrogen and oxygen atoms in total. The highest BCUT2D eigenvalue weighted by Gasteiger charge is 2.17. The minimum Gasteiger partial charge on any atom is -0.398 e. The quantitative estimate of drug-likeness (QED) is 0.720. The van der Waals surface area contributed by atoms with E-state index in [0.717, 1.165) is 0 Å². The molecular weight excluding hydrogens is 235 g/mol. The van der Waals surface area contributed by atoms with Gasteiger partial charge in [0.15, 0.2) is 0 Å². The number of aliphatic hydroxyl groups is 1. The average molecular weight is 251 g/mol. The van der Waals surface area contributed by atoms with Crippen molar-refractivity contribution in [2.75, 3.05) is 5.73 Å². The van der Waals surface area contributed by atoms with Gasteiger partial charge in [0, 0.05) is 10.7 Å². The molecule has 0 unspecified atom stereocenters. The second kappa shape index (κ2) is 6.18. The first-order chi connectivity index (χ1) is 6.56. The van der Waals surface area contributed by atoms with Gasteiger partial charge in [-0.3, -0.25) is 0 Å². The van der Waals surface area contributed by atoms with Crippen LogP contribution in [0, 0.1) is 0 Å². The normalized spacial score (nSPS) is 14.1.